The van der Waals surface area contributed by atoms with Gasteiger partial charge in [-0.2, -0.15) is 0 Å². The van der Waals surface area contributed by atoms with Crippen LogP contribution in [0.1, 0.15) is 0 Å². The molecule has 4 heterocycles. The molecule has 0 saturated heterocycles. The van der Waals surface area contributed by atoms with Gasteiger partial charge in [-0.25, -0.2) is 4.98 Å². The maximum atomic E-state index is 5.88. The Morgan fingerprint density at radius 3 is 2.92 bits per heavy atom. The monoisotopic (exact) mass is 338 g/mol. The first-order chi connectivity index (χ1) is 11.5. The van der Waals surface area contributed by atoms with Crippen molar-refractivity contribution >= 4 is 41.0 Å². The fraction of sp³-hybridized carbons (Fsp3) is 0.333. The largest absolute Gasteiger partial charge is 0.361 e. The number of nitrogens with zero attached hydrogens (tertiary/aromatic N) is 3. The Hall–Kier alpha value is -2.18. The van der Waals surface area contributed by atoms with Gasteiger partial charge in [0, 0.05) is 44.0 Å². The lowest BCUT2D eigenvalue weighted by atomic mass is 10.2. The molecule has 0 bridgehead atoms. The van der Waals surface area contributed by atoms with E-state index in [9.17, 15) is 0 Å². The summed E-state index contributed by atoms with van der Waals surface area (Å²) in [5.41, 5.74) is 4.04. The second-order valence-electron chi connectivity index (χ2n) is 7.48. The van der Waals surface area contributed by atoms with Crippen LogP contribution in [-0.4, -0.2) is 34.2 Å². The van der Waals surface area contributed by atoms with E-state index < -0.39 is 8.07 Å². The van der Waals surface area contributed by atoms with Crippen LogP contribution in [0.5, 0.6) is 0 Å². The van der Waals surface area contributed by atoms with Gasteiger partial charge in [0.1, 0.15) is 12.4 Å². The Bertz CT molecular complexity index is 1010. The van der Waals surface area contributed by atoms with Crippen LogP contribution in [-0.2, 0) is 11.5 Å². The number of rotatable bonds is 5. The van der Waals surface area contributed by atoms with Gasteiger partial charge < -0.3 is 14.3 Å². The van der Waals surface area contributed by atoms with E-state index in [1.165, 1.54) is 6.04 Å². The molecule has 0 fully saturated rings. The fourth-order valence-corrected chi connectivity index (χ4v) is 3.65. The third-order valence-electron chi connectivity index (χ3n) is 4.31. The summed E-state index contributed by atoms with van der Waals surface area (Å²) in [6, 6.07) is 7.40. The van der Waals surface area contributed by atoms with Crippen molar-refractivity contribution in [3.8, 4) is 0 Å². The highest BCUT2D eigenvalue weighted by atomic mass is 28.3. The minimum Gasteiger partial charge on any atom is -0.361 e. The molecule has 0 atom stereocenters. The zero-order valence-electron chi connectivity index (χ0n) is 14.3. The first-order valence-corrected chi connectivity index (χ1v) is 12.0. The molecule has 6 heteroatoms. The van der Waals surface area contributed by atoms with E-state index in [4.69, 9.17) is 9.72 Å². The summed E-state index contributed by atoms with van der Waals surface area (Å²) in [7, 11) is -1.05. The van der Waals surface area contributed by atoms with Crippen molar-refractivity contribution in [1.82, 2.24) is 19.5 Å². The van der Waals surface area contributed by atoms with E-state index >= 15 is 0 Å². The Balaban J connectivity index is 1.66. The number of hydrogen-bond donors (Lipinski definition) is 1. The number of pyridine rings is 2. The molecule has 0 spiro atoms. The third kappa shape index (κ3) is 2.83. The molecule has 5 nitrogen and oxygen atoms in total. The maximum Gasteiger partial charge on any atom is 0.142 e. The molecule has 4 aromatic rings. The highest BCUT2D eigenvalue weighted by Crippen LogP contribution is 2.26. The van der Waals surface area contributed by atoms with E-state index in [0.717, 1.165) is 39.6 Å². The molecule has 4 aromatic heterocycles. The minimum atomic E-state index is -1.05. The number of aromatic amines is 1. The molecule has 124 valence electrons. The molecule has 24 heavy (non-hydrogen) atoms. The molecule has 4 rings (SSSR count). The summed E-state index contributed by atoms with van der Waals surface area (Å²) < 4.78 is 7.96. The highest BCUT2D eigenvalue weighted by Gasteiger charge is 2.13. The SMILES string of the molecule is C[Si](C)(C)CCOCn1ccc2cc3[nH]c4ccncc4c3nc21. The van der Waals surface area contributed by atoms with Crippen LogP contribution in [0.15, 0.2) is 36.8 Å². The molecular formula is C18H22N4OSi. The second-order valence-corrected chi connectivity index (χ2v) is 13.1. The number of fused-ring (bicyclic) bond motifs is 4. The quantitative estimate of drug-likeness (QED) is 0.434. The van der Waals surface area contributed by atoms with E-state index in [2.05, 4.69) is 46.3 Å². The van der Waals surface area contributed by atoms with Gasteiger partial charge in [-0.1, -0.05) is 19.6 Å². The van der Waals surface area contributed by atoms with Crippen LogP contribution in [0.25, 0.3) is 33.0 Å². The molecule has 0 saturated carbocycles. The number of ether oxygens (including phenoxy) is 1. The lowest BCUT2D eigenvalue weighted by molar-refractivity contribution is 0.0899. The van der Waals surface area contributed by atoms with Gasteiger partial charge in [0.25, 0.3) is 0 Å². The molecule has 0 aliphatic rings. The third-order valence-corrected chi connectivity index (χ3v) is 6.01. The second kappa shape index (κ2) is 5.72. The van der Waals surface area contributed by atoms with Crippen molar-refractivity contribution < 1.29 is 4.74 Å². The van der Waals surface area contributed by atoms with Crippen molar-refractivity contribution in [3.63, 3.8) is 0 Å². The number of aromatic nitrogens is 4. The van der Waals surface area contributed by atoms with E-state index in [-0.39, 0.29) is 0 Å². The Kier molecular flexibility index (Phi) is 3.66. The van der Waals surface area contributed by atoms with Crippen molar-refractivity contribution in [2.24, 2.45) is 0 Å². The standard InChI is InChI=1S/C18H22N4OSi/c1-24(2,3)9-8-23-12-22-7-5-13-10-16-17(21-18(13)22)14-11-19-6-4-15(14)20-16/h4-7,10-11,20H,8-9,12H2,1-3H3. The Morgan fingerprint density at radius 2 is 2.08 bits per heavy atom. The summed E-state index contributed by atoms with van der Waals surface area (Å²) in [4.78, 5) is 12.5. The van der Waals surface area contributed by atoms with Gasteiger partial charge in [-0.15, -0.1) is 0 Å². The summed E-state index contributed by atoms with van der Waals surface area (Å²) in [6.07, 6.45) is 5.71. The number of H-pyrrole nitrogens is 1. The van der Waals surface area contributed by atoms with Crippen LogP contribution < -0.4 is 0 Å². The van der Waals surface area contributed by atoms with E-state index in [1.807, 2.05) is 18.5 Å². The zero-order valence-corrected chi connectivity index (χ0v) is 15.3. The molecule has 0 amide bonds. The minimum absolute atomic E-state index is 0.549. The van der Waals surface area contributed by atoms with Crippen LogP contribution in [0.2, 0.25) is 25.7 Å². The summed E-state index contributed by atoms with van der Waals surface area (Å²) in [5.74, 6) is 0. The summed E-state index contributed by atoms with van der Waals surface area (Å²) in [5, 5.41) is 2.18. The average molecular weight is 338 g/mol. The fourth-order valence-electron chi connectivity index (χ4n) is 2.90. The van der Waals surface area contributed by atoms with Gasteiger partial charge in [-0.3, -0.25) is 4.98 Å². The zero-order chi connectivity index (χ0) is 16.7. The van der Waals surface area contributed by atoms with Gasteiger partial charge in [0.05, 0.1) is 16.6 Å². The number of nitrogens with one attached hydrogen (secondary N) is 1. The van der Waals surface area contributed by atoms with E-state index in [1.54, 1.807) is 6.20 Å². The molecule has 1 N–H and O–H groups in total. The van der Waals surface area contributed by atoms with Gasteiger partial charge in [0.15, 0.2) is 0 Å². The van der Waals surface area contributed by atoms with E-state index in [0.29, 0.717) is 6.73 Å². The van der Waals surface area contributed by atoms with Crippen molar-refractivity contribution in [1.29, 1.82) is 0 Å². The van der Waals surface area contributed by atoms with Crippen LogP contribution in [0, 0.1) is 0 Å². The average Bonchev–Trinajstić information content (AvgIpc) is 3.09. The maximum absolute atomic E-state index is 5.88. The smallest absolute Gasteiger partial charge is 0.142 e. The normalized spacial score (nSPS) is 12.6. The van der Waals surface area contributed by atoms with Crippen LogP contribution >= 0.6 is 0 Å². The Morgan fingerprint density at radius 1 is 1.21 bits per heavy atom. The van der Waals surface area contributed by atoms with Gasteiger partial charge in [-0.05, 0) is 24.2 Å². The molecule has 0 radical (unpaired) electrons. The lowest BCUT2D eigenvalue weighted by Gasteiger charge is -2.15. The molecule has 0 aliphatic carbocycles. The molecule has 0 aliphatic heterocycles. The molecule has 0 unspecified atom stereocenters. The predicted molar refractivity (Wildman–Crippen MR) is 101 cm³/mol. The molecular weight excluding hydrogens is 316 g/mol. The summed E-state index contributed by atoms with van der Waals surface area (Å²) in [6.45, 7) is 8.46. The lowest BCUT2D eigenvalue weighted by Crippen LogP contribution is -2.22. The highest BCUT2D eigenvalue weighted by molar-refractivity contribution is 6.76. The Labute approximate surface area is 141 Å². The molecule has 0 aromatic carbocycles. The van der Waals surface area contributed by atoms with Crippen molar-refractivity contribution in [2.75, 3.05) is 6.61 Å². The first kappa shape index (κ1) is 15.4. The predicted octanol–water partition coefficient (Wildman–Crippen LogP) is 4.38. The van der Waals surface area contributed by atoms with Crippen LogP contribution in [0.3, 0.4) is 0 Å². The van der Waals surface area contributed by atoms with Crippen molar-refractivity contribution in [2.45, 2.75) is 32.4 Å². The number of hydrogen-bond acceptors (Lipinski definition) is 3. The van der Waals surface area contributed by atoms with Crippen molar-refractivity contribution in [3.05, 3.63) is 36.8 Å². The topological polar surface area (TPSA) is 55.7 Å². The summed E-state index contributed by atoms with van der Waals surface area (Å²) >= 11 is 0. The van der Waals surface area contributed by atoms with Crippen LogP contribution in [0.4, 0.5) is 0 Å². The van der Waals surface area contributed by atoms with Gasteiger partial charge >= 0.3 is 0 Å². The first-order valence-electron chi connectivity index (χ1n) is 8.30. The van der Waals surface area contributed by atoms with Gasteiger partial charge in [0.2, 0.25) is 0 Å².